The Morgan fingerprint density at radius 2 is 1.94 bits per heavy atom. The number of guanidine groups is 1. The average Bonchev–Trinajstić information content (AvgIpc) is 2.47. The van der Waals surface area contributed by atoms with Crippen molar-refractivity contribution in [3.05, 3.63) is 0 Å². The first-order chi connectivity index (χ1) is 7.35. The minimum Gasteiger partial charge on any atom is -0.370 e. The number of rotatable bonds is 0. The molecule has 2 aliphatic rings. The zero-order valence-corrected chi connectivity index (χ0v) is 9.22. The van der Waals surface area contributed by atoms with Crippen molar-refractivity contribution in [3.63, 3.8) is 0 Å². The van der Waals surface area contributed by atoms with Crippen LogP contribution in [0.5, 0.6) is 0 Å². The lowest BCUT2D eigenvalue weighted by Gasteiger charge is -2.42. The fourth-order valence-electron chi connectivity index (χ4n) is 2.66. The van der Waals surface area contributed by atoms with Gasteiger partial charge in [-0.2, -0.15) is 13.2 Å². The van der Waals surface area contributed by atoms with Crippen LogP contribution in [0.3, 0.4) is 0 Å². The Hall–Kier alpha value is -0.940. The number of halogens is 3. The van der Waals surface area contributed by atoms with Gasteiger partial charge in [0.1, 0.15) is 0 Å². The van der Waals surface area contributed by atoms with Gasteiger partial charge in [-0.25, -0.2) is 0 Å². The lowest BCUT2D eigenvalue weighted by Crippen LogP contribution is -2.52. The van der Waals surface area contributed by atoms with Crippen molar-refractivity contribution >= 4 is 5.96 Å². The molecular formula is C10H16F3N3. The number of likely N-dealkylation sites (N-methyl/N-ethyl adjacent to an activating group) is 1. The summed E-state index contributed by atoms with van der Waals surface area (Å²) in [5.74, 6) is -0.696. The van der Waals surface area contributed by atoms with E-state index in [2.05, 4.69) is 4.99 Å². The monoisotopic (exact) mass is 235 g/mol. The topological polar surface area (TPSA) is 41.6 Å². The van der Waals surface area contributed by atoms with Crippen molar-refractivity contribution in [1.29, 1.82) is 0 Å². The molecule has 0 aromatic rings. The first-order valence-corrected chi connectivity index (χ1v) is 5.46. The Morgan fingerprint density at radius 1 is 1.38 bits per heavy atom. The molecule has 2 N–H and O–H groups in total. The van der Waals surface area contributed by atoms with E-state index in [9.17, 15) is 13.2 Å². The first-order valence-electron chi connectivity index (χ1n) is 5.46. The van der Waals surface area contributed by atoms with Gasteiger partial charge >= 0.3 is 6.18 Å². The van der Waals surface area contributed by atoms with Crippen LogP contribution in [0.15, 0.2) is 4.99 Å². The molecule has 3 nitrogen and oxygen atoms in total. The molecule has 0 unspecified atom stereocenters. The standard InChI is InChI=1S/C10H16F3N3/c1-16-8(14)15-6-9(16)4-2-7(3-5-9)10(11,12)13/h7H,2-6H2,1H3,(H2,14,15). The van der Waals surface area contributed by atoms with Crippen LogP contribution in [0.4, 0.5) is 13.2 Å². The lowest BCUT2D eigenvalue weighted by molar-refractivity contribution is -0.186. The van der Waals surface area contributed by atoms with Crippen molar-refractivity contribution in [2.24, 2.45) is 16.6 Å². The summed E-state index contributed by atoms with van der Waals surface area (Å²) < 4.78 is 37.6. The minimum absolute atomic E-state index is 0.191. The highest BCUT2D eigenvalue weighted by Crippen LogP contribution is 2.44. The van der Waals surface area contributed by atoms with Crippen molar-refractivity contribution in [2.45, 2.75) is 37.4 Å². The fraction of sp³-hybridized carbons (Fsp3) is 0.900. The van der Waals surface area contributed by atoms with E-state index in [1.54, 1.807) is 0 Å². The largest absolute Gasteiger partial charge is 0.391 e. The Balaban J connectivity index is 2.01. The van der Waals surface area contributed by atoms with Crippen LogP contribution in [0.25, 0.3) is 0 Å². The van der Waals surface area contributed by atoms with E-state index in [-0.39, 0.29) is 18.4 Å². The van der Waals surface area contributed by atoms with E-state index >= 15 is 0 Å². The average molecular weight is 235 g/mol. The Labute approximate surface area is 92.5 Å². The molecule has 0 amide bonds. The van der Waals surface area contributed by atoms with Gasteiger partial charge in [-0.15, -0.1) is 0 Å². The summed E-state index contributed by atoms with van der Waals surface area (Å²) in [5, 5.41) is 0. The summed E-state index contributed by atoms with van der Waals surface area (Å²) in [6.07, 6.45) is -2.62. The van der Waals surface area contributed by atoms with Gasteiger partial charge in [-0.05, 0) is 25.7 Å². The highest BCUT2D eigenvalue weighted by Gasteiger charge is 2.49. The molecule has 0 atom stereocenters. The predicted octanol–water partition coefficient (Wildman–Crippen LogP) is 1.74. The van der Waals surface area contributed by atoms with Crippen LogP contribution in [-0.4, -0.2) is 36.2 Å². The van der Waals surface area contributed by atoms with Crippen LogP contribution >= 0.6 is 0 Å². The molecule has 1 aliphatic heterocycles. The van der Waals surface area contributed by atoms with Crippen molar-refractivity contribution in [3.8, 4) is 0 Å². The molecule has 0 saturated heterocycles. The van der Waals surface area contributed by atoms with Crippen LogP contribution in [-0.2, 0) is 0 Å². The van der Waals surface area contributed by atoms with Gasteiger partial charge in [0.15, 0.2) is 5.96 Å². The molecule has 1 spiro atoms. The summed E-state index contributed by atoms with van der Waals surface area (Å²) in [6.45, 7) is 0.542. The third-order valence-corrected chi connectivity index (χ3v) is 3.97. The molecule has 2 rings (SSSR count). The Morgan fingerprint density at radius 3 is 2.31 bits per heavy atom. The molecule has 0 radical (unpaired) electrons. The molecule has 16 heavy (non-hydrogen) atoms. The molecule has 1 fully saturated rings. The van der Waals surface area contributed by atoms with E-state index in [0.29, 0.717) is 25.3 Å². The fourth-order valence-corrected chi connectivity index (χ4v) is 2.66. The van der Waals surface area contributed by atoms with E-state index in [0.717, 1.165) is 0 Å². The van der Waals surface area contributed by atoms with E-state index in [1.165, 1.54) is 0 Å². The second-order valence-electron chi connectivity index (χ2n) is 4.77. The second kappa shape index (κ2) is 3.53. The van der Waals surface area contributed by atoms with Crippen LogP contribution in [0, 0.1) is 5.92 Å². The zero-order chi connectivity index (χ0) is 12.0. The second-order valence-corrected chi connectivity index (χ2v) is 4.77. The van der Waals surface area contributed by atoms with Gasteiger partial charge in [0, 0.05) is 7.05 Å². The quantitative estimate of drug-likeness (QED) is 0.694. The summed E-state index contributed by atoms with van der Waals surface area (Å²) in [6, 6.07) is 0. The molecular weight excluding hydrogens is 219 g/mol. The van der Waals surface area contributed by atoms with Crippen molar-refractivity contribution in [1.82, 2.24) is 4.90 Å². The predicted molar refractivity (Wildman–Crippen MR) is 55.0 cm³/mol. The maximum atomic E-state index is 12.5. The summed E-state index contributed by atoms with van der Waals surface area (Å²) >= 11 is 0. The lowest BCUT2D eigenvalue weighted by atomic mass is 9.76. The molecule has 92 valence electrons. The third-order valence-electron chi connectivity index (χ3n) is 3.97. The van der Waals surface area contributed by atoms with Crippen LogP contribution in [0.2, 0.25) is 0 Å². The number of alkyl halides is 3. The number of nitrogens with two attached hydrogens (primary N) is 1. The van der Waals surface area contributed by atoms with Crippen LogP contribution in [0.1, 0.15) is 25.7 Å². The highest BCUT2D eigenvalue weighted by molar-refractivity contribution is 5.80. The normalized spacial score (nSPS) is 35.6. The minimum atomic E-state index is -4.05. The smallest absolute Gasteiger partial charge is 0.370 e. The molecule has 0 aromatic carbocycles. The highest BCUT2D eigenvalue weighted by atomic mass is 19.4. The van der Waals surface area contributed by atoms with Gasteiger partial charge in [0.2, 0.25) is 0 Å². The van der Waals surface area contributed by atoms with Crippen LogP contribution < -0.4 is 5.73 Å². The Kier molecular flexibility index (Phi) is 2.55. The summed E-state index contributed by atoms with van der Waals surface area (Å²) in [7, 11) is 1.82. The maximum Gasteiger partial charge on any atom is 0.391 e. The first kappa shape index (κ1) is 11.5. The van der Waals surface area contributed by atoms with Gasteiger partial charge < -0.3 is 10.6 Å². The number of hydrogen-bond donors (Lipinski definition) is 1. The van der Waals surface area contributed by atoms with Crippen molar-refractivity contribution in [2.75, 3.05) is 13.6 Å². The summed E-state index contributed by atoms with van der Waals surface area (Å²) in [5.41, 5.74) is 5.41. The van der Waals surface area contributed by atoms with E-state index in [4.69, 9.17) is 5.73 Å². The number of aliphatic imine (C=N–C) groups is 1. The Bertz CT molecular complexity index is 303. The SMILES string of the molecule is CN1C(N)=NCC12CCC(C(F)(F)F)CC2. The van der Waals surface area contributed by atoms with E-state index < -0.39 is 12.1 Å². The molecule has 1 aliphatic carbocycles. The molecule has 0 aromatic heterocycles. The number of nitrogens with zero attached hydrogens (tertiary/aromatic N) is 2. The van der Waals surface area contributed by atoms with Gasteiger partial charge in [0.25, 0.3) is 0 Å². The number of hydrogen-bond acceptors (Lipinski definition) is 3. The zero-order valence-electron chi connectivity index (χ0n) is 9.22. The third kappa shape index (κ3) is 1.74. The van der Waals surface area contributed by atoms with E-state index in [1.807, 2.05) is 11.9 Å². The van der Waals surface area contributed by atoms with Gasteiger partial charge in [-0.1, -0.05) is 0 Å². The molecule has 1 saturated carbocycles. The van der Waals surface area contributed by atoms with Gasteiger partial charge in [-0.3, -0.25) is 4.99 Å². The molecule has 1 heterocycles. The molecule has 6 heteroatoms. The maximum absolute atomic E-state index is 12.5. The molecule has 0 bridgehead atoms. The summed E-state index contributed by atoms with van der Waals surface area (Å²) in [4.78, 5) is 5.97. The van der Waals surface area contributed by atoms with Gasteiger partial charge in [0.05, 0.1) is 18.0 Å². The van der Waals surface area contributed by atoms with Crippen molar-refractivity contribution < 1.29 is 13.2 Å².